The lowest BCUT2D eigenvalue weighted by molar-refractivity contribution is 0.273. The van der Waals surface area contributed by atoms with Crippen LogP contribution in [0.2, 0.25) is 0 Å². The second-order valence-electron chi connectivity index (χ2n) is 4.34. The minimum absolute atomic E-state index is 0.111. The van der Waals surface area contributed by atoms with Gasteiger partial charge in [-0.1, -0.05) is 12.1 Å². The van der Waals surface area contributed by atoms with Crippen LogP contribution in [0, 0.1) is 0 Å². The van der Waals surface area contributed by atoms with Gasteiger partial charge in [0.25, 0.3) is 0 Å². The Bertz CT molecular complexity index is 591. The number of aliphatic hydroxyl groups is 1. The first-order valence-electron chi connectivity index (χ1n) is 6.31. The van der Waals surface area contributed by atoms with Crippen molar-refractivity contribution in [2.75, 3.05) is 13.2 Å². The molecule has 2 rings (SSSR count). The summed E-state index contributed by atoms with van der Waals surface area (Å²) >= 11 is 2.85. The largest absolute Gasteiger partial charge is 0.396 e. The monoisotopic (exact) mass is 331 g/mol. The van der Waals surface area contributed by atoms with Crippen molar-refractivity contribution in [1.29, 1.82) is 0 Å². The van der Waals surface area contributed by atoms with E-state index in [-0.39, 0.29) is 12.5 Å². The van der Waals surface area contributed by atoms with Crippen LogP contribution in [0.5, 0.6) is 0 Å². The Morgan fingerprint density at radius 3 is 2.50 bits per heavy atom. The summed E-state index contributed by atoms with van der Waals surface area (Å²) in [5.74, 6) is 0.200. The molecule has 0 aromatic carbocycles. The van der Waals surface area contributed by atoms with Crippen molar-refractivity contribution in [2.45, 2.75) is 23.0 Å². The van der Waals surface area contributed by atoms with Crippen LogP contribution >= 0.6 is 22.7 Å². The number of aliphatic hydroxyl groups excluding tert-OH is 1. The van der Waals surface area contributed by atoms with E-state index in [4.69, 9.17) is 5.11 Å². The van der Waals surface area contributed by atoms with Gasteiger partial charge < -0.3 is 5.11 Å². The third-order valence-electron chi connectivity index (χ3n) is 2.97. The Labute approximate surface area is 127 Å². The molecule has 7 heteroatoms. The molecule has 2 heterocycles. The third kappa shape index (κ3) is 4.13. The average Bonchev–Trinajstić information content (AvgIpc) is 3.11. The van der Waals surface area contributed by atoms with Gasteiger partial charge in [0.15, 0.2) is 0 Å². The van der Waals surface area contributed by atoms with Crippen LogP contribution in [-0.2, 0) is 10.0 Å². The second kappa shape index (κ2) is 7.33. The Kier molecular flexibility index (Phi) is 5.74. The minimum Gasteiger partial charge on any atom is -0.396 e. The molecule has 0 fully saturated rings. The predicted molar refractivity (Wildman–Crippen MR) is 82.9 cm³/mol. The maximum Gasteiger partial charge on any atom is 0.250 e. The van der Waals surface area contributed by atoms with E-state index in [2.05, 4.69) is 4.72 Å². The normalized spacial score (nSPS) is 13.4. The highest BCUT2D eigenvalue weighted by atomic mass is 32.2. The molecule has 0 bridgehead atoms. The van der Waals surface area contributed by atoms with E-state index >= 15 is 0 Å². The number of nitrogens with one attached hydrogen (secondary N) is 1. The predicted octanol–water partition coefficient (Wildman–Crippen LogP) is 2.64. The summed E-state index contributed by atoms with van der Waals surface area (Å²) in [5.41, 5.74) is 0. The van der Waals surface area contributed by atoms with Gasteiger partial charge in [-0.2, -0.15) is 0 Å². The maximum absolute atomic E-state index is 12.0. The van der Waals surface area contributed by atoms with Crippen molar-refractivity contribution < 1.29 is 13.5 Å². The minimum atomic E-state index is -3.39. The van der Waals surface area contributed by atoms with Gasteiger partial charge in [0.05, 0.1) is 0 Å². The van der Waals surface area contributed by atoms with Crippen molar-refractivity contribution in [3.05, 3.63) is 39.9 Å². The van der Waals surface area contributed by atoms with Gasteiger partial charge in [0, 0.05) is 18.0 Å². The lowest BCUT2D eigenvalue weighted by Crippen LogP contribution is -2.25. The van der Waals surface area contributed by atoms with E-state index in [9.17, 15) is 8.42 Å². The molecule has 0 aliphatic heterocycles. The molecule has 20 heavy (non-hydrogen) atoms. The Morgan fingerprint density at radius 1 is 1.15 bits per heavy atom. The highest BCUT2D eigenvalue weighted by Crippen LogP contribution is 2.27. The van der Waals surface area contributed by atoms with Crippen molar-refractivity contribution >= 4 is 32.7 Å². The standard InChI is InChI=1S/C13H17NO3S3/c15-8-6-11(12-3-1-9-18-12)5-7-14-20(16,17)13-4-2-10-19-13/h1-4,9-11,14-15H,5-8H2/t11-/m1/s1. The molecule has 0 saturated carbocycles. The van der Waals surface area contributed by atoms with Gasteiger partial charge in [-0.25, -0.2) is 13.1 Å². The fraction of sp³-hybridized carbons (Fsp3) is 0.385. The van der Waals surface area contributed by atoms with Gasteiger partial charge in [-0.15, -0.1) is 22.7 Å². The van der Waals surface area contributed by atoms with Crippen LogP contribution in [0.25, 0.3) is 0 Å². The first-order valence-corrected chi connectivity index (χ1v) is 9.55. The van der Waals surface area contributed by atoms with Gasteiger partial charge >= 0.3 is 0 Å². The molecule has 0 spiro atoms. The van der Waals surface area contributed by atoms with E-state index in [0.29, 0.717) is 23.6 Å². The van der Waals surface area contributed by atoms with Crippen molar-refractivity contribution in [2.24, 2.45) is 0 Å². The van der Waals surface area contributed by atoms with E-state index in [0.717, 1.165) is 0 Å². The molecule has 0 aliphatic carbocycles. The smallest absolute Gasteiger partial charge is 0.250 e. The van der Waals surface area contributed by atoms with Crippen LogP contribution < -0.4 is 4.72 Å². The third-order valence-corrected chi connectivity index (χ3v) is 6.86. The number of sulfonamides is 1. The zero-order chi connectivity index (χ0) is 14.4. The number of rotatable bonds is 8. The zero-order valence-corrected chi connectivity index (χ0v) is 13.3. The highest BCUT2D eigenvalue weighted by molar-refractivity contribution is 7.91. The van der Waals surface area contributed by atoms with Crippen molar-refractivity contribution in [1.82, 2.24) is 4.72 Å². The van der Waals surface area contributed by atoms with Crippen LogP contribution in [-0.4, -0.2) is 26.7 Å². The summed E-state index contributed by atoms with van der Waals surface area (Å²) < 4.78 is 26.9. The molecule has 4 nitrogen and oxygen atoms in total. The first kappa shape index (κ1) is 15.7. The molecule has 0 radical (unpaired) electrons. The number of thiophene rings is 2. The molecule has 2 aromatic rings. The summed E-state index contributed by atoms with van der Waals surface area (Å²) in [6, 6.07) is 7.32. The fourth-order valence-electron chi connectivity index (χ4n) is 1.96. The molecule has 2 aromatic heterocycles. The van der Waals surface area contributed by atoms with Gasteiger partial charge in [-0.05, 0) is 41.7 Å². The summed E-state index contributed by atoms with van der Waals surface area (Å²) in [4.78, 5) is 1.19. The molecule has 0 unspecified atom stereocenters. The van der Waals surface area contributed by atoms with E-state index in [1.165, 1.54) is 16.2 Å². The Hall–Kier alpha value is -0.730. The van der Waals surface area contributed by atoms with Crippen LogP contribution in [0.15, 0.2) is 39.2 Å². The van der Waals surface area contributed by atoms with Crippen LogP contribution in [0.1, 0.15) is 23.6 Å². The molecule has 1 atom stereocenters. The number of hydrogen-bond donors (Lipinski definition) is 2. The average molecular weight is 331 g/mol. The van der Waals surface area contributed by atoms with E-state index in [1.807, 2.05) is 17.5 Å². The van der Waals surface area contributed by atoms with E-state index < -0.39 is 10.0 Å². The zero-order valence-electron chi connectivity index (χ0n) is 10.9. The van der Waals surface area contributed by atoms with Crippen LogP contribution in [0.3, 0.4) is 0 Å². The molecule has 0 saturated heterocycles. The lowest BCUT2D eigenvalue weighted by Gasteiger charge is -2.14. The first-order chi connectivity index (χ1) is 9.63. The summed E-state index contributed by atoms with van der Waals surface area (Å²) in [7, 11) is -3.39. The summed E-state index contributed by atoms with van der Waals surface area (Å²) in [6.45, 7) is 0.489. The Balaban J connectivity index is 1.91. The second-order valence-corrected chi connectivity index (χ2v) is 8.26. The molecule has 0 aliphatic rings. The number of hydrogen-bond acceptors (Lipinski definition) is 5. The molecular formula is C13H17NO3S3. The quantitative estimate of drug-likeness (QED) is 0.781. The molecular weight excluding hydrogens is 314 g/mol. The van der Waals surface area contributed by atoms with E-state index in [1.54, 1.807) is 28.8 Å². The van der Waals surface area contributed by atoms with Crippen molar-refractivity contribution in [3.8, 4) is 0 Å². The molecule has 2 N–H and O–H groups in total. The molecule has 0 amide bonds. The van der Waals surface area contributed by atoms with Crippen LogP contribution in [0.4, 0.5) is 0 Å². The lowest BCUT2D eigenvalue weighted by atomic mass is 10.0. The fourth-order valence-corrected chi connectivity index (χ4v) is 4.95. The van der Waals surface area contributed by atoms with Crippen molar-refractivity contribution in [3.63, 3.8) is 0 Å². The SMILES string of the molecule is O=S(=O)(NCC[C@H](CCO)c1cccs1)c1cccs1. The summed E-state index contributed by atoms with van der Waals surface area (Å²) in [6.07, 6.45) is 1.34. The summed E-state index contributed by atoms with van der Waals surface area (Å²) in [5, 5.41) is 12.9. The van der Waals surface area contributed by atoms with Gasteiger partial charge in [0.1, 0.15) is 4.21 Å². The van der Waals surface area contributed by atoms with Gasteiger partial charge in [-0.3, -0.25) is 0 Å². The molecule has 110 valence electrons. The maximum atomic E-state index is 12.0. The van der Waals surface area contributed by atoms with Gasteiger partial charge in [0.2, 0.25) is 10.0 Å². The highest BCUT2D eigenvalue weighted by Gasteiger charge is 2.17. The Morgan fingerprint density at radius 2 is 1.90 bits per heavy atom. The topological polar surface area (TPSA) is 66.4 Å².